The van der Waals surface area contributed by atoms with Gasteiger partial charge < -0.3 is 5.32 Å². The lowest BCUT2D eigenvalue weighted by Crippen LogP contribution is -2.35. The van der Waals surface area contributed by atoms with E-state index in [2.05, 4.69) is 21.2 Å². The maximum atomic E-state index is 13.3. The van der Waals surface area contributed by atoms with Gasteiger partial charge in [0.25, 0.3) is 10.0 Å². The summed E-state index contributed by atoms with van der Waals surface area (Å²) in [5, 5.41) is 3.02. The number of aryl methyl sites for hydroxylation is 2. The number of anilines is 1. The molecule has 0 spiro atoms. The molecule has 1 aliphatic heterocycles. The number of nitrogens with one attached hydrogen (secondary N) is 1. The van der Waals surface area contributed by atoms with Gasteiger partial charge in [-0.15, -0.1) is 0 Å². The lowest BCUT2D eigenvalue weighted by molar-refractivity contribution is -0.121. The standard InChI is InChI=1S/C26H27BrN2O3S/c1-19(21-11-13-23(27)14-12-21)28-26(30)17-10-20-8-15-24(16-9-20)33(31,32)29-18-4-6-22-5-2-3-7-25(22)29/h2-3,5,7-9,11-16,19H,4,6,10,17-18H2,1H3,(H,28,30)/t19-/m0/s1. The number of amides is 1. The molecule has 1 atom stereocenters. The van der Waals surface area contributed by atoms with Crippen LogP contribution in [0, 0.1) is 0 Å². The Bertz CT molecular complexity index is 1230. The minimum atomic E-state index is -3.62. The molecule has 0 unspecified atom stereocenters. The van der Waals surface area contributed by atoms with Gasteiger partial charge in [0.05, 0.1) is 16.6 Å². The van der Waals surface area contributed by atoms with E-state index in [9.17, 15) is 13.2 Å². The van der Waals surface area contributed by atoms with E-state index in [1.165, 1.54) is 4.31 Å². The number of fused-ring (bicyclic) bond motifs is 1. The summed E-state index contributed by atoms with van der Waals surface area (Å²) < 4.78 is 29.0. The molecule has 0 aromatic heterocycles. The van der Waals surface area contributed by atoms with E-state index >= 15 is 0 Å². The molecule has 0 aliphatic carbocycles. The van der Waals surface area contributed by atoms with Crippen molar-refractivity contribution in [3.63, 3.8) is 0 Å². The zero-order valence-electron chi connectivity index (χ0n) is 18.5. The molecule has 1 N–H and O–H groups in total. The first-order chi connectivity index (χ1) is 15.8. The summed E-state index contributed by atoms with van der Waals surface area (Å²) in [5.74, 6) is -0.0351. The molecule has 1 heterocycles. The zero-order chi connectivity index (χ0) is 23.4. The van der Waals surface area contributed by atoms with E-state index in [1.807, 2.05) is 55.5 Å². The second-order valence-electron chi connectivity index (χ2n) is 8.29. The Morgan fingerprint density at radius 2 is 1.73 bits per heavy atom. The first-order valence-electron chi connectivity index (χ1n) is 11.1. The normalized spacial score (nSPS) is 14.4. The van der Waals surface area contributed by atoms with E-state index < -0.39 is 10.0 Å². The molecule has 3 aromatic carbocycles. The van der Waals surface area contributed by atoms with Crippen LogP contribution < -0.4 is 9.62 Å². The maximum absolute atomic E-state index is 13.3. The molecule has 0 bridgehead atoms. The molecule has 172 valence electrons. The third kappa shape index (κ3) is 5.47. The van der Waals surface area contributed by atoms with Crippen LogP contribution in [0.1, 0.15) is 42.5 Å². The number of nitrogens with zero attached hydrogens (tertiary/aromatic N) is 1. The highest BCUT2D eigenvalue weighted by Gasteiger charge is 2.28. The highest BCUT2D eigenvalue weighted by molar-refractivity contribution is 9.10. The smallest absolute Gasteiger partial charge is 0.264 e. The van der Waals surface area contributed by atoms with E-state index in [0.717, 1.165) is 39.7 Å². The van der Waals surface area contributed by atoms with Crippen LogP contribution in [-0.2, 0) is 27.7 Å². The first-order valence-corrected chi connectivity index (χ1v) is 13.3. The van der Waals surface area contributed by atoms with Crippen molar-refractivity contribution in [3.05, 3.63) is 94.0 Å². The fourth-order valence-electron chi connectivity index (χ4n) is 4.11. The zero-order valence-corrected chi connectivity index (χ0v) is 20.9. The topological polar surface area (TPSA) is 66.5 Å². The Morgan fingerprint density at radius 3 is 2.45 bits per heavy atom. The average Bonchev–Trinajstić information content (AvgIpc) is 2.83. The van der Waals surface area contributed by atoms with Crippen LogP contribution in [0.25, 0.3) is 0 Å². The van der Waals surface area contributed by atoms with Gasteiger partial charge in [0.2, 0.25) is 5.91 Å². The lowest BCUT2D eigenvalue weighted by Gasteiger charge is -2.30. The van der Waals surface area contributed by atoms with Gasteiger partial charge in [-0.1, -0.05) is 58.4 Å². The third-order valence-electron chi connectivity index (χ3n) is 5.97. The number of carbonyl (C=O) groups is 1. The van der Waals surface area contributed by atoms with Crippen molar-refractivity contribution in [1.29, 1.82) is 0 Å². The van der Waals surface area contributed by atoms with Gasteiger partial charge in [0.15, 0.2) is 0 Å². The van der Waals surface area contributed by atoms with E-state index in [0.29, 0.717) is 19.4 Å². The Balaban J connectivity index is 1.37. The average molecular weight is 527 g/mol. The van der Waals surface area contributed by atoms with Crippen molar-refractivity contribution in [2.45, 2.75) is 43.5 Å². The lowest BCUT2D eigenvalue weighted by atomic mass is 10.0. The molecule has 1 aliphatic rings. The maximum Gasteiger partial charge on any atom is 0.264 e. The summed E-state index contributed by atoms with van der Waals surface area (Å²) in [4.78, 5) is 12.7. The number of rotatable bonds is 7. The molecular formula is C26H27BrN2O3S. The first kappa shape index (κ1) is 23.5. The highest BCUT2D eigenvalue weighted by atomic mass is 79.9. The predicted molar refractivity (Wildman–Crippen MR) is 135 cm³/mol. The minimum Gasteiger partial charge on any atom is -0.350 e. The molecule has 5 nitrogen and oxygen atoms in total. The molecule has 1 amide bonds. The summed E-state index contributed by atoms with van der Waals surface area (Å²) in [6.07, 6.45) is 2.59. The Kier molecular flexibility index (Phi) is 7.20. The van der Waals surface area contributed by atoms with Crippen LogP contribution in [0.3, 0.4) is 0 Å². The van der Waals surface area contributed by atoms with Crippen LogP contribution in [0.15, 0.2) is 82.2 Å². The van der Waals surface area contributed by atoms with Gasteiger partial charge in [-0.3, -0.25) is 9.10 Å². The number of hydrogen-bond acceptors (Lipinski definition) is 3. The summed E-state index contributed by atoms with van der Waals surface area (Å²) >= 11 is 3.42. The number of hydrogen-bond donors (Lipinski definition) is 1. The highest BCUT2D eigenvalue weighted by Crippen LogP contribution is 2.31. The Morgan fingerprint density at radius 1 is 1.03 bits per heavy atom. The number of benzene rings is 3. The summed E-state index contributed by atoms with van der Waals surface area (Å²) in [6.45, 7) is 2.44. The van der Waals surface area contributed by atoms with Crippen molar-refractivity contribution >= 4 is 37.5 Å². The van der Waals surface area contributed by atoms with Gasteiger partial charge >= 0.3 is 0 Å². The van der Waals surface area contributed by atoms with Crippen LogP contribution in [-0.4, -0.2) is 20.9 Å². The fourth-order valence-corrected chi connectivity index (χ4v) is 5.92. The number of para-hydroxylation sites is 1. The van der Waals surface area contributed by atoms with Crippen molar-refractivity contribution < 1.29 is 13.2 Å². The molecule has 7 heteroatoms. The molecule has 0 saturated carbocycles. The number of halogens is 1. The molecule has 0 saturated heterocycles. The monoisotopic (exact) mass is 526 g/mol. The Hall–Kier alpha value is -2.64. The van der Waals surface area contributed by atoms with Crippen molar-refractivity contribution in [2.75, 3.05) is 10.8 Å². The summed E-state index contributed by atoms with van der Waals surface area (Å²) in [5.41, 5.74) is 3.80. The molecule has 33 heavy (non-hydrogen) atoms. The quantitative estimate of drug-likeness (QED) is 0.448. The van der Waals surface area contributed by atoms with Crippen LogP contribution >= 0.6 is 15.9 Å². The van der Waals surface area contributed by atoms with Crippen LogP contribution in [0.4, 0.5) is 5.69 Å². The van der Waals surface area contributed by atoms with Crippen molar-refractivity contribution in [1.82, 2.24) is 5.32 Å². The fraction of sp³-hybridized carbons (Fsp3) is 0.269. The van der Waals surface area contributed by atoms with Gasteiger partial charge in [-0.2, -0.15) is 0 Å². The number of sulfonamides is 1. The second-order valence-corrected chi connectivity index (χ2v) is 11.1. The minimum absolute atomic E-state index is 0.0351. The summed E-state index contributed by atoms with van der Waals surface area (Å²) in [6, 6.07) is 22.4. The summed E-state index contributed by atoms with van der Waals surface area (Å²) in [7, 11) is -3.62. The van der Waals surface area contributed by atoms with Crippen LogP contribution in [0.5, 0.6) is 0 Å². The van der Waals surface area contributed by atoms with Gasteiger partial charge in [0.1, 0.15) is 0 Å². The molecule has 0 fully saturated rings. The Labute approximate surface area is 204 Å². The number of carbonyl (C=O) groups excluding carboxylic acids is 1. The predicted octanol–water partition coefficient (Wildman–Crippen LogP) is 5.40. The van der Waals surface area contributed by atoms with E-state index in [-0.39, 0.29) is 16.8 Å². The van der Waals surface area contributed by atoms with Crippen molar-refractivity contribution in [2.24, 2.45) is 0 Å². The van der Waals surface area contributed by atoms with E-state index in [1.54, 1.807) is 24.3 Å². The second kappa shape index (κ2) is 10.1. The largest absolute Gasteiger partial charge is 0.350 e. The van der Waals surface area contributed by atoms with Gasteiger partial charge in [0, 0.05) is 17.4 Å². The molecule has 3 aromatic rings. The van der Waals surface area contributed by atoms with Gasteiger partial charge in [-0.25, -0.2) is 8.42 Å². The molecule has 4 rings (SSSR count). The van der Waals surface area contributed by atoms with Gasteiger partial charge in [-0.05, 0) is 73.2 Å². The third-order valence-corrected chi connectivity index (χ3v) is 8.32. The molecular weight excluding hydrogens is 500 g/mol. The van der Waals surface area contributed by atoms with Crippen molar-refractivity contribution in [3.8, 4) is 0 Å². The van der Waals surface area contributed by atoms with Crippen LogP contribution in [0.2, 0.25) is 0 Å². The SMILES string of the molecule is C[C@H](NC(=O)CCc1ccc(S(=O)(=O)N2CCCc3ccccc32)cc1)c1ccc(Br)cc1. The molecule has 0 radical (unpaired) electrons. The van der Waals surface area contributed by atoms with E-state index in [4.69, 9.17) is 0 Å².